The Hall–Kier alpha value is -2.17. The average Bonchev–Trinajstić information content (AvgIpc) is 2.21. The van der Waals surface area contributed by atoms with Crippen LogP contribution in [0.25, 0.3) is 0 Å². The molecule has 1 heterocycles. The van der Waals surface area contributed by atoms with E-state index in [4.69, 9.17) is 5.26 Å². The predicted molar refractivity (Wildman–Crippen MR) is 49.6 cm³/mol. The molecule has 0 saturated carbocycles. The normalized spacial score (nSPS) is 10.8. The number of alkyl halides is 3. The Bertz CT molecular complexity index is 502. The van der Waals surface area contributed by atoms with E-state index in [2.05, 4.69) is 14.5 Å². The van der Waals surface area contributed by atoms with Gasteiger partial charge in [0.15, 0.2) is 11.6 Å². The van der Waals surface area contributed by atoms with Crippen molar-refractivity contribution in [2.45, 2.75) is 12.8 Å². The van der Waals surface area contributed by atoms with Crippen molar-refractivity contribution >= 4 is 0 Å². The van der Waals surface area contributed by atoms with Crippen LogP contribution in [-0.4, -0.2) is 18.5 Å². The Balaban J connectivity index is 3.27. The quantitative estimate of drug-likeness (QED) is 0.875. The first-order valence-corrected chi connectivity index (χ1v) is 4.30. The molecular weight excluding hydrogens is 241 g/mol. The van der Waals surface area contributed by atoms with Crippen LogP contribution in [0.2, 0.25) is 0 Å². The Kier molecular flexibility index (Phi) is 3.62. The van der Waals surface area contributed by atoms with E-state index in [0.29, 0.717) is 0 Å². The molecule has 0 bridgehead atoms. The molecule has 5 nitrogen and oxygen atoms in total. The van der Waals surface area contributed by atoms with Gasteiger partial charge in [-0.1, -0.05) is 0 Å². The molecule has 0 unspecified atom stereocenters. The van der Waals surface area contributed by atoms with Crippen LogP contribution in [0.5, 0.6) is 11.6 Å². The molecule has 0 aliphatic heterocycles. The first kappa shape index (κ1) is 12.9. The van der Waals surface area contributed by atoms with E-state index in [1.807, 2.05) is 0 Å². The van der Waals surface area contributed by atoms with E-state index in [0.717, 1.165) is 6.07 Å². The zero-order valence-corrected chi connectivity index (χ0v) is 8.59. The first-order valence-electron chi connectivity index (χ1n) is 4.30. The number of ether oxygens (including phenoxy) is 2. The third-order valence-electron chi connectivity index (χ3n) is 1.73. The van der Waals surface area contributed by atoms with Gasteiger partial charge in [-0.05, 0) is 0 Å². The lowest BCUT2D eigenvalue weighted by Gasteiger charge is -2.12. The number of hydrogen-bond donors (Lipinski definition) is 1. The highest BCUT2D eigenvalue weighted by Crippen LogP contribution is 2.23. The predicted octanol–water partition coefficient (Wildman–Crippen LogP) is 1.35. The molecule has 0 amide bonds. The van der Waals surface area contributed by atoms with Crippen molar-refractivity contribution in [2.24, 2.45) is 0 Å². The summed E-state index contributed by atoms with van der Waals surface area (Å²) in [5.41, 5.74) is -1.29. The van der Waals surface area contributed by atoms with Crippen LogP contribution < -0.4 is 14.9 Å². The second-order valence-corrected chi connectivity index (χ2v) is 2.89. The van der Waals surface area contributed by atoms with Gasteiger partial charge in [-0.3, -0.25) is 4.79 Å². The number of nitrogens with one attached hydrogen (secondary N) is 1. The summed E-state index contributed by atoms with van der Waals surface area (Å²) in [5, 5.41) is 8.45. The Morgan fingerprint density at radius 3 is 2.65 bits per heavy atom. The molecule has 92 valence electrons. The molecule has 1 aromatic heterocycles. The van der Waals surface area contributed by atoms with Crippen molar-refractivity contribution in [1.82, 2.24) is 4.98 Å². The highest BCUT2D eigenvalue weighted by atomic mass is 19.4. The number of nitrogens with zero attached hydrogens (tertiary/aromatic N) is 1. The van der Waals surface area contributed by atoms with Gasteiger partial charge in [-0.2, -0.15) is 5.26 Å². The third-order valence-corrected chi connectivity index (χ3v) is 1.73. The van der Waals surface area contributed by atoms with Gasteiger partial charge >= 0.3 is 6.36 Å². The van der Waals surface area contributed by atoms with Gasteiger partial charge in [0.1, 0.15) is 0 Å². The lowest BCUT2D eigenvalue weighted by molar-refractivity contribution is -0.275. The summed E-state index contributed by atoms with van der Waals surface area (Å²) in [5.74, 6) is -0.991. The minimum absolute atomic E-state index is 0.0465. The molecule has 1 N–H and O–H groups in total. The zero-order chi connectivity index (χ0) is 13.1. The smallest absolute Gasteiger partial charge is 0.482 e. The molecule has 0 aromatic carbocycles. The second-order valence-electron chi connectivity index (χ2n) is 2.89. The number of nitriles is 1. The minimum Gasteiger partial charge on any atom is -0.482 e. The molecular formula is C9H7F3N2O3. The largest absolute Gasteiger partial charge is 0.573 e. The number of aromatic nitrogens is 1. The number of aromatic amines is 1. The standard InChI is InChI=1S/C9H7F3N2O3/c1-16-7-4-6(15)8(17-9(10,11)12)5(14-7)2-3-13/h4H,2H2,1H3,(H,14,15). The number of hydrogen-bond acceptors (Lipinski definition) is 4. The molecule has 17 heavy (non-hydrogen) atoms. The van der Waals surface area contributed by atoms with E-state index in [1.54, 1.807) is 6.07 Å². The molecule has 0 aliphatic carbocycles. The van der Waals surface area contributed by atoms with E-state index >= 15 is 0 Å². The Labute approximate surface area is 93.4 Å². The Morgan fingerprint density at radius 1 is 1.53 bits per heavy atom. The maximum atomic E-state index is 12.0. The van der Waals surface area contributed by atoms with E-state index in [-0.39, 0.29) is 11.6 Å². The van der Waals surface area contributed by atoms with Gasteiger partial charge < -0.3 is 14.5 Å². The van der Waals surface area contributed by atoms with E-state index in [1.165, 1.54) is 7.11 Å². The average molecular weight is 248 g/mol. The lowest BCUT2D eigenvalue weighted by Crippen LogP contribution is -2.23. The van der Waals surface area contributed by atoms with Crippen molar-refractivity contribution in [3.63, 3.8) is 0 Å². The van der Waals surface area contributed by atoms with Crippen molar-refractivity contribution in [3.8, 4) is 17.7 Å². The summed E-state index contributed by atoms with van der Waals surface area (Å²) >= 11 is 0. The molecule has 8 heteroatoms. The molecule has 0 spiro atoms. The fourth-order valence-electron chi connectivity index (χ4n) is 1.12. The molecule has 0 atom stereocenters. The molecule has 1 rings (SSSR count). The van der Waals surface area contributed by atoms with Gasteiger partial charge in [0.05, 0.1) is 25.3 Å². The summed E-state index contributed by atoms with van der Waals surface area (Å²) in [6.07, 6.45) is -5.43. The minimum atomic E-state index is -4.99. The van der Waals surface area contributed by atoms with Crippen molar-refractivity contribution in [2.75, 3.05) is 7.11 Å². The highest BCUT2D eigenvalue weighted by Gasteiger charge is 2.33. The van der Waals surface area contributed by atoms with Crippen LogP contribution in [0.4, 0.5) is 13.2 Å². The first-order chi connectivity index (χ1) is 7.87. The van der Waals surface area contributed by atoms with Crippen LogP contribution in [0.1, 0.15) is 5.69 Å². The molecule has 1 aromatic rings. The summed E-state index contributed by atoms with van der Waals surface area (Å²) < 4.78 is 44.3. The van der Waals surface area contributed by atoms with Crippen molar-refractivity contribution in [1.29, 1.82) is 5.26 Å². The number of methoxy groups -OCH3 is 1. The Morgan fingerprint density at radius 2 is 2.18 bits per heavy atom. The number of H-pyrrole nitrogens is 1. The van der Waals surface area contributed by atoms with E-state index in [9.17, 15) is 18.0 Å². The van der Waals surface area contributed by atoms with Gasteiger partial charge in [-0.15, -0.1) is 13.2 Å². The summed E-state index contributed by atoms with van der Waals surface area (Å²) in [4.78, 5) is 13.7. The van der Waals surface area contributed by atoms with Crippen LogP contribution in [0.3, 0.4) is 0 Å². The summed E-state index contributed by atoms with van der Waals surface area (Å²) in [6.45, 7) is 0. The highest BCUT2D eigenvalue weighted by molar-refractivity contribution is 5.33. The fourth-order valence-corrected chi connectivity index (χ4v) is 1.12. The topological polar surface area (TPSA) is 75.1 Å². The van der Waals surface area contributed by atoms with Crippen LogP contribution in [0, 0.1) is 11.3 Å². The molecule has 0 fully saturated rings. The van der Waals surface area contributed by atoms with Gasteiger partial charge in [0.25, 0.3) is 0 Å². The van der Waals surface area contributed by atoms with E-state index < -0.39 is 24.0 Å². The maximum Gasteiger partial charge on any atom is 0.573 e. The molecule has 0 saturated heterocycles. The second kappa shape index (κ2) is 4.78. The monoisotopic (exact) mass is 248 g/mol. The van der Waals surface area contributed by atoms with Gasteiger partial charge in [0.2, 0.25) is 5.43 Å². The fraction of sp³-hybridized carbons (Fsp3) is 0.333. The summed E-state index contributed by atoms with van der Waals surface area (Å²) in [6, 6.07) is 2.42. The van der Waals surface area contributed by atoms with Crippen LogP contribution >= 0.6 is 0 Å². The van der Waals surface area contributed by atoms with Gasteiger partial charge in [0, 0.05) is 6.07 Å². The summed E-state index contributed by atoms with van der Waals surface area (Å²) in [7, 11) is 1.23. The third kappa shape index (κ3) is 3.41. The number of rotatable bonds is 3. The number of halogens is 3. The van der Waals surface area contributed by atoms with Crippen molar-refractivity contribution < 1.29 is 22.6 Å². The SMILES string of the molecule is COc1cc(=O)c(OC(F)(F)F)c(CC#N)[nH]1. The number of pyridine rings is 1. The van der Waals surface area contributed by atoms with Crippen LogP contribution in [-0.2, 0) is 6.42 Å². The molecule has 0 aliphatic rings. The van der Waals surface area contributed by atoms with Crippen LogP contribution in [0.15, 0.2) is 10.9 Å². The maximum absolute atomic E-state index is 12.0. The van der Waals surface area contributed by atoms with Gasteiger partial charge in [-0.25, -0.2) is 0 Å². The molecule has 0 radical (unpaired) electrons. The van der Waals surface area contributed by atoms with Crippen molar-refractivity contribution in [3.05, 3.63) is 22.0 Å². The lowest BCUT2D eigenvalue weighted by atomic mass is 10.2. The zero-order valence-electron chi connectivity index (χ0n) is 8.59.